The molecule has 1 N–H and O–H groups in total. The van der Waals surface area contributed by atoms with Crippen molar-refractivity contribution in [3.05, 3.63) is 94.3 Å². The van der Waals surface area contributed by atoms with E-state index in [0.29, 0.717) is 16.6 Å². The number of terminal acetylenes is 1. The van der Waals surface area contributed by atoms with Gasteiger partial charge in [0, 0.05) is 10.7 Å². The Morgan fingerprint density at radius 2 is 1.71 bits per heavy atom. The average molecular weight is 434 g/mol. The molecular weight excluding hydrogens is 405 g/mol. The van der Waals surface area contributed by atoms with Gasteiger partial charge in [0.1, 0.15) is 5.82 Å². The zero-order chi connectivity index (χ0) is 22.4. The number of hydrogen-bond donors (Lipinski definition) is 1. The minimum atomic E-state index is -0.320. The Morgan fingerprint density at radius 3 is 2.32 bits per heavy atom. The lowest BCUT2D eigenvalue weighted by molar-refractivity contribution is 0.532. The molecule has 3 aromatic carbocycles. The topological polar surface area (TPSA) is 12.0 Å². The first-order valence-corrected chi connectivity index (χ1v) is 11.1. The summed E-state index contributed by atoms with van der Waals surface area (Å²) in [5.74, 6) is 3.22. The molecule has 0 saturated heterocycles. The van der Waals surface area contributed by atoms with Gasteiger partial charge in [0.2, 0.25) is 0 Å². The van der Waals surface area contributed by atoms with E-state index in [1.54, 1.807) is 12.1 Å². The smallest absolute Gasteiger partial charge is 0.146 e. The third-order valence-electron chi connectivity index (χ3n) is 5.83. The highest BCUT2D eigenvalue weighted by atomic mass is 35.5. The van der Waals surface area contributed by atoms with Crippen molar-refractivity contribution in [1.29, 1.82) is 0 Å². The molecule has 0 spiro atoms. The van der Waals surface area contributed by atoms with Crippen molar-refractivity contribution in [2.24, 2.45) is 0 Å². The molecule has 0 heterocycles. The summed E-state index contributed by atoms with van der Waals surface area (Å²) in [6.45, 7) is 6.50. The third-order valence-corrected chi connectivity index (χ3v) is 6.08. The van der Waals surface area contributed by atoms with Crippen LogP contribution in [-0.4, -0.2) is 0 Å². The van der Waals surface area contributed by atoms with Gasteiger partial charge >= 0.3 is 0 Å². The normalized spacial score (nSPS) is 12.9. The van der Waals surface area contributed by atoms with Gasteiger partial charge < -0.3 is 5.32 Å². The Bertz CT molecular complexity index is 1050. The molecule has 0 aliphatic rings. The molecule has 3 rings (SSSR count). The van der Waals surface area contributed by atoms with Crippen LogP contribution in [0.5, 0.6) is 0 Å². The van der Waals surface area contributed by atoms with Crippen LogP contribution < -0.4 is 5.32 Å². The Balaban J connectivity index is 1.66. The van der Waals surface area contributed by atoms with Crippen LogP contribution in [0.3, 0.4) is 0 Å². The maximum Gasteiger partial charge on any atom is 0.146 e. The number of aryl methyl sites for hydroxylation is 1. The first-order chi connectivity index (χ1) is 14.8. The van der Waals surface area contributed by atoms with Crippen molar-refractivity contribution in [2.75, 3.05) is 5.32 Å². The molecule has 1 unspecified atom stereocenters. The van der Waals surface area contributed by atoms with E-state index in [0.717, 1.165) is 30.5 Å². The number of rotatable bonds is 8. The molecule has 3 aromatic rings. The highest BCUT2D eigenvalue weighted by Gasteiger charge is 2.23. The second-order valence-electron chi connectivity index (χ2n) is 8.55. The van der Waals surface area contributed by atoms with Crippen LogP contribution in [0.2, 0.25) is 5.02 Å². The van der Waals surface area contributed by atoms with E-state index >= 15 is 0 Å². The van der Waals surface area contributed by atoms with Gasteiger partial charge in [0.05, 0.1) is 11.1 Å². The van der Waals surface area contributed by atoms with Crippen molar-refractivity contribution < 1.29 is 4.39 Å². The summed E-state index contributed by atoms with van der Waals surface area (Å²) in [5.41, 5.74) is 4.50. The third kappa shape index (κ3) is 5.90. The molecule has 3 heteroatoms. The Morgan fingerprint density at radius 1 is 1.03 bits per heavy atom. The Labute approximate surface area is 190 Å². The Hall–Kier alpha value is -2.76. The first-order valence-electron chi connectivity index (χ1n) is 10.7. The van der Waals surface area contributed by atoms with Gasteiger partial charge in [-0.2, -0.15) is 0 Å². The van der Waals surface area contributed by atoms with Crippen molar-refractivity contribution in [2.45, 2.75) is 51.4 Å². The van der Waals surface area contributed by atoms with Crippen LogP contribution in [-0.2, 0) is 11.8 Å². The summed E-state index contributed by atoms with van der Waals surface area (Å²) < 4.78 is 14.3. The number of benzene rings is 3. The van der Waals surface area contributed by atoms with Crippen molar-refractivity contribution in [3.63, 3.8) is 0 Å². The van der Waals surface area contributed by atoms with E-state index < -0.39 is 0 Å². The number of hydrogen-bond acceptors (Lipinski definition) is 1. The maximum atomic E-state index is 14.3. The van der Waals surface area contributed by atoms with Crippen LogP contribution in [0.1, 0.15) is 56.2 Å². The molecule has 0 bridgehead atoms. The molecule has 1 nitrogen and oxygen atoms in total. The molecule has 0 saturated carbocycles. The molecule has 0 fully saturated rings. The summed E-state index contributed by atoms with van der Waals surface area (Å²) in [5, 5.41) is 3.78. The maximum absolute atomic E-state index is 14.3. The minimum absolute atomic E-state index is 0.280. The standard InChI is InChI=1S/C28H29ClFN/c1-5-28(4,23-11-9-22(10-12-23)20(2)3)18-6-7-21-8-17-26(30)27(19-21)31-25-15-13-24(29)14-16-25/h1,8-17,19-20,31H,6-7,18H2,2-4H3. The molecule has 0 amide bonds. The van der Waals surface area contributed by atoms with Crippen LogP contribution in [0.25, 0.3) is 0 Å². The second-order valence-corrected chi connectivity index (χ2v) is 8.99. The highest BCUT2D eigenvalue weighted by molar-refractivity contribution is 6.30. The van der Waals surface area contributed by atoms with Crippen LogP contribution in [0, 0.1) is 18.2 Å². The van der Waals surface area contributed by atoms with E-state index in [4.69, 9.17) is 18.0 Å². The van der Waals surface area contributed by atoms with Crippen molar-refractivity contribution >= 4 is 23.0 Å². The number of halogens is 2. The van der Waals surface area contributed by atoms with Gasteiger partial charge in [0.15, 0.2) is 0 Å². The summed E-state index contributed by atoms with van der Waals surface area (Å²) in [6, 6.07) is 21.1. The summed E-state index contributed by atoms with van der Waals surface area (Å²) in [7, 11) is 0. The van der Waals surface area contributed by atoms with E-state index in [1.807, 2.05) is 24.3 Å². The van der Waals surface area contributed by atoms with Gasteiger partial charge in [-0.3, -0.25) is 0 Å². The monoisotopic (exact) mass is 433 g/mol. The van der Waals surface area contributed by atoms with Crippen LogP contribution in [0.4, 0.5) is 15.8 Å². The van der Waals surface area contributed by atoms with Crippen molar-refractivity contribution in [3.8, 4) is 12.3 Å². The minimum Gasteiger partial charge on any atom is -0.353 e. The largest absolute Gasteiger partial charge is 0.353 e. The lowest BCUT2D eigenvalue weighted by atomic mass is 9.78. The Kier molecular flexibility index (Phi) is 7.42. The molecule has 0 aliphatic heterocycles. The highest BCUT2D eigenvalue weighted by Crippen LogP contribution is 2.31. The predicted molar refractivity (Wildman–Crippen MR) is 131 cm³/mol. The van der Waals surface area contributed by atoms with Gasteiger partial charge in [-0.15, -0.1) is 6.42 Å². The van der Waals surface area contributed by atoms with E-state index in [2.05, 4.69) is 56.3 Å². The molecule has 0 aromatic heterocycles. The zero-order valence-electron chi connectivity index (χ0n) is 18.4. The van der Waals surface area contributed by atoms with Gasteiger partial charge in [0.25, 0.3) is 0 Å². The molecule has 160 valence electrons. The van der Waals surface area contributed by atoms with Gasteiger partial charge in [-0.1, -0.05) is 61.7 Å². The van der Waals surface area contributed by atoms with E-state index in [9.17, 15) is 4.39 Å². The fraction of sp³-hybridized carbons (Fsp3) is 0.286. The lowest BCUT2D eigenvalue weighted by Gasteiger charge is -2.25. The second kappa shape index (κ2) is 10.0. The molecule has 31 heavy (non-hydrogen) atoms. The van der Waals surface area contributed by atoms with Crippen molar-refractivity contribution in [1.82, 2.24) is 0 Å². The van der Waals surface area contributed by atoms with Crippen LogP contribution in [0.15, 0.2) is 66.7 Å². The first kappa shape index (κ1) is 22.9. The predicted octanol–water partition coefficient (Wildman–Crippen LogP) is 8.26. The average Bonchev–Trinajstić information content (AvgIpc) is 2.77. The molecule has 0 radical (unpaired) electrons. The summed E-state index contributed by atoms with van der Waals surface area (Å²) >= 11 is 5.93. The molecule has 1 atom stereocenters. The fourth-order valence-electron chi connectivity index (χ4n) is 3.69. The summed E-state index contributed by atoms with van der Waals surface area (Å²) in [4.78, 5) is 0. The fourth-order valence-corrected chi connectivity index (χ4v) is 3.82. The van der Waals surface area contributed by atoms with E-state index in [-0.39, 0.29) is 11.2 Å². The van der Waals surface area contributed by atoms with Gasteiger partial charge in [-0.25, -0.2) is 4.39 Å². The van der Waals surface area contributed by atoms with Crippen LogP contribution >= 0.6 is 11.6 Å². The number of nitrogens with one attached hydrogen (secondary N) is 1. The lowest BCUT2D eigenvalue weighted by Crippen LogP contribution is -2.19. The van der Waals surface area contributed by atoms with E-state index in [1.165, 1.54) is 17.2 Å². The zero-order valence-corrected chi connectivity index (χ0v) is 19.1. The SMILES string of the molecule is C#CC(C)(CCCc1ccc(F)c(Nc2ccc(Cl)cc2)c1)c1ccc(C(C)C)cc1. The molecule has 0 aliphatic carbocycles. The summed E-state index contributed by atoms with van der Waals surface area (Å²) in [6.07, 6.45) is 8.55. The quantitative estimate of drug-likeness (QED) is 0.352. The molecular formula is C28H29ClFN. The van der Waals surface area contributed by atoms with Gasteiger partial charge in [-0.05, 0) is 85.2 Å². The number of anilines is 2.